The van der Waals surface area contributed by atoms with Crippen LogP contribution < -0.4 is 14.8 Å². The topological polar surface area (TPSA) is 140 Å². The van der Waals surface area contributed by atoms with E-state index in [4.69, 9.17) is 37.9 Å². The van der Waals surface area contributed by atoms with Crippen LogP contribution in [-0.4, -0.2) is 71.0 Å². The highest BCUT2D eigenvalue weighted by Crippen LogP contribution is 2.48. The van der Waals surface area contributed by atoms with E-state index in [1.807, 2.05) is 12.1 Å². The lowest BCUT2D eigenvalue weighted by Gasteiger charge is -2.37. The molecule has 2 heterocycles. The SMILES string of the molecule is COCOc1ccc(C2OCC(C)(C)CO2)cc1C(O)(c1cccc(NC(=O)COC(C)=O)c1)c1cc(C2OCC(C)(C)CO2)ccc1OC. The number of nitrogens with one attached hydrogen (secondary N) is 1. The highest BCUT2D eigenvalue weighted by atomic mass is 16.7. The van der Waals surface area contributed by atoms with Crippen LogP contribution in [0.15, 0.2) is 60.7 Å². The minimum absolute atomic E-state index is 0.101. The molecule has 2 aliphatic heterocycles. The number of hydrogen-bond acceptors (Lipinski definition) is 11. The van der Waals surface area contributed by atoms with Crippen LogP contribution in [0.3, 0.4) is 0 Å². The summed E-state index contributed by atoms with van der Waals surface area (Å²) in [6.45, 7) is 10.8. The van der Waals surface area contributed by atoms with Gasteiger partial charge in [-0.05, 0) is 42.0 Å². The number of carbonyl (C=O) groups excluding carboxylic acids is 2. The highest BCUT2D eigenvalue weighted by Gasteiger charge is 2.42. The van der Waals surface area contributed by atoms with E-state index >= 15 is 0 Å². The summed E-state index contributed by atoms with van der Waals surface area (Å²) >= 11 is 0. The fraction of sp³-hybridized carbons (Fsp3) is 0.474. The summed E-state index contributed by atoms with van der Waals surface area (Å²) in [5.41, 5.74) is 0.408. The number of benzene rings is 3. The van der Waals surface area contributed by atoms with Gasteiger partial charge in [0.2, 0.25) is 0 Å². The fourth-order valence-electron chi connectivity index (χ4n) is 5.79. The number of aliphatic hydroxyl groups is 1. The Morgan fingerprint density at radius 2 is 1.36 bits per heavy atom. The van der Waals surface area contributed by atoms with Crippen molar-refractivity contribution in [3.63, 3.8) is 0 Å². The van der Waals surface area contributed by atoms with Crippen molar-refractivity contribution in [3.05, 3.63) is 88.5 Å². The first-order valence-electron chi connectivity index (χ1n) is 16.4. The van der Waals surface area contributed by atoms with Crippen LogP contribution in [0, 0.1) is 10.8 Å². The second-order valence-electron chi connectivity index (χ2n) is 14.1. The molecule has 2 N–H and O–H groups in total. The molecule has 3 aromatic rings. The predicted octanol–water partition coefficient (Wildman–Crippen LogP) is 5.61. The quantitative estimate of drug-likeness (QED) is 0.139. The summed E-state index contributed by atoms with van der Waals surface area (Å²) in [6.07, 6.45) is -1.39. The van der Waals surface area contributed by atoms with Crippen LogP contribution in [0.4, 0.5) is 5.69 Å². The van der Waals surface area contributed by atoms with Crippen molar-refractivity contribution in [2.45, 2.75) is 52.8 Å². The molecule has 0 spiro atoms. The minimum atomic E-state index is -1.99. The average molecular weight is 694 g/mol. The van der Waals surface area contributed by atoms with E-state index in [9.17, 15) is 14.7 Å². The molecule has 3 aromatic carbocycles. The molecule has 270 valence electrons. The first-order chi connectivity index (χ1) is 23.7. The van der Waals surface area contributed by atoms with Crippen LogP contribution in [0.2, 0.25) is 0 Å². The Bertz CT molecular complexity index is 1650. The molecule has 1 unspecified atom stereocenters. The molecular weight excluding hydrogens is 646 g/mol. The Morgan fingerprint density at radius 3 is 1.88 bits per heavy atom. The van der Waals surface area contributed by atoms with Gasteiger partial charge >= 0.3 is 5.97 Å². The monoisotopic (exact) mass is 693 g/mol. The van der Waals surface area contributed by atoms with Crippen LogP contribution in [0.25, 0.3) is 0 Å². The Balaban J connectivity index is 1.69. The lowest BCUT2D eigenvalue weighted by molar-refractivity contribution is -0.226. The van der Waals surface area contributed by atoms with E-state index in [0.717, 1.165) is 0 Å². The summed E-state index contributed by atoms with van der Waals surface area (Å²) in [7, 11) is 3.02. The molecule has 12 heteroatoms. The molecule has 2 saturated heterocycles. The van der Waals surface area contributed by atoms with Gasteiger partial charge in [-0.25, -0.2) is 0 Å². The average Bonchev–Trinajstić information content (AvgIpc) is 3.09. The van der Waals surface area contributed by atoms with Crippen molar-refractivity contribution < 1.29 is 52.6 Å². The molecule has 0 radical (unpaired) electrons. The highest BCUT2D eigenvalue weighted by molar-refractivity contribution is 5.92. The second-order valence-corrected chi connectivity index (χ2v) is 14.1. The van der Waals surface area contributed by atoms with Crippen LogP contribution >= 0.6 is 0 Å². The normalized spacial score (nSPS) is 18.9. The largest absolute Gasteiger partial charge is 0.496 e. The Hall–Kier alpha value is -4.04. The van der Waals surface area contributed by atoms with Gasteiger partial charge in [0.25, 0.3) is 5.91 Å². The van der Waals surface area contributed by atoms with Gasteiger partial charge in [0.1, 0.15) is 17.1 Å². The van der Waals surface area contributed by atoms with E-state index in [-0.39, 0.29) is 17.6 Å². The van der Waals surface area contributed by atoms with Crippen LogP contribution in [-0.2, 0) is 43.6 Å². The molecular formula is C38H47NO11. The van der Waals surface area contributed by atoms with Gasteiger partial charge in [0.15, 0.2) is 26.0 Å². The van der Waals surface area contributed by atoms with Crippen molar-refractivity contribution in [1.29, 1.82) is 0 Å². The van der Waals surface area contributed by atoms with Crippen molar-refractivity contribution in [2.24, 2.45) is 10.8 Å². The molecule has 0 bridgehead atoms. The lowest BCUT2D eigenvalue weighted by atomic mass is 9.78. The summed E-state index contributed by atoms with van der Waals surface area (Å²) in [5.74, 6) is -0.442. The lowest BCUT2D eigenvalue weighted by Crippen LogP contribution is -2.35. The summed E-state index contributed by atoms with van der Waals surface area (Å²) in [6, 6.07) is 17.4. The third-order valence-corrected chi connectivity index (χ3v) is 8.36. The number of carbonyl (C=O) groups is 2. The third kappa shape index (κ3) is 8.63. The van der Waals surface area contributed by atoms with E-state index in [1.54, 1.807) is 48.5 Å². The zero-order valence-electron chi connectivity index (χ0n) is 29.7. The van der Waals surface area contributed by atoms with Crippen LogP contribution in [0.5, 0.6) is 11.5 Å². The van der Waals surface area contributed by atoms with Crippen molar-refractivity contribution in [2.75, 3.05) is 59.4 Å². The predicted molar refractivity (Wildman–Crippen MR) is 183 cm³/mol. The van der Waals surface area contributed by atoms with Gasteiger partial charge in [-0.2, -0.15) is 0 Å². The summed E-state index contributed by atoms with van der Waals surface area (Å²) < 4.78 is 46.6. The van der Waals surface area contributed by atoms with Gasteiger partial charge in [-0.15, -0.1) is 0 Å². The van der Waals surface area contributed by atoms with Gasteiger partial charge in [0.05, 0.1) is 33.5 Å². The number of amides is 1. The molecule has 2 fully saturated rings. The maximum absolute atomic E-state index is 13.4. The third-order valence-electron chi connectivity index (χ3n) is 8.36. The van der Waals surface area contributed by atoms with Crippen molar-refractivity contribution >= 4 is 17.6 Å². The molecule has 12 nitrogen and oxygen atoms in total. The fourth-order valence-corrected chi connectivity index (χ4v) is 5.79. The Morgan fingerprint density at radius 1 is 0.820 bits per heavy atom. The molecule has 1 amide bonds. The number of esters is 1. The van der Waals surface area contributed by atoms with Crippen molar-refractivity contribution in [3.8, 4) is 11.5 Å². The maximum Gasteiger partial charge on any atom is 0.303 e. The zero-order chi connectivity index (χ0) is 36.1. The minimum Gasteiger partial charge on any atom is -0.496 e. The van der Waals surface area contributed by atoms with E-state index in [2.05, 4.69) is 33.0 Å². The standard InChI is InChI=1S/C38H47NO11/c1-24(40)45-18-33(41)39-28-10-8-9-27(17-28)38(42,29-15-25(11-13-31(29)44-7)34-46-19-36(2,3)20-47-34)30-16-26(12-14-32(30)50-23-43-6)35-48-21-37(4,5)22-49-35/h8-17,34-35,42H,18-23H2,1-7H3,(H,39,41). The zero-order valence-corrected chi connectivity index (χ0v) is 29.7. The molecule has 2 aliphatic rings. The smallest absolute Gasteiger partial charge is 0.303 e. The first-order valence-corrected chi connectivity index (χ1v) is 16.4. The number of anilines is 1. The number of hydrogen-bond donors (Lipinski definition) is 2. The molecule has 0 saturated carbocycles. The molecule has 0 aliphatic carbocycles. The first kappa shape index (κ1) is 37.2. The van der Waals surface area contributed by atoms with E-state index < -0.39 is 36.7 Å². The van der Waals surface area contributed by atoms with Gasteiger partial charge in [-0.3, -0.25) is 9.59 Å². The molecule has 50 heavy (non-hydrogen) atoms. The van der Waals surface area contributed by atoms with E-state index in [1.165, 1.54) is 21.1 Å². The maximum atomic E-state index is 13.4. The second kappa shape index (κ2) is 15.5. The van der Waals surface area contributed by atoms with Gasteiger partial charge in [0, 0.05) is 52.8 Å². The Labute approximate surface area is 292 Å². The van der Waals surface area contributed by atoms with Gasteiger partial charge in [-0.1, -0.05) is 52.0 Å². The molecule has 1 atom stereocenters. The number of ether oxygens (including phenoxy) is 8. The van der Waals surface area contributed by atoms with E-state index in [0.29, 0.717) is 71.4 Å². The van der Waals surface area contributed by atoms with Crippen LogP contribution in [0.1, 0.15) is 75.0 Å². The number of methoxy groups -OCH3 is 2. The molecule has 5 rings (SSSR count). The van der Waals surface area contributed by atoms with Crippen molar-refractivity contribution in [1.82, 2.24) is 0 Å². The molecule has 0 aromatic heterocycles. The number of rotatable bonds is 12. The summed E-state index contributed by atoms with van der Waals surface area (Å²) in [4.78, 5) is 24.0. The Kier molecular flexibility index (Phi) is 11.5. The van der Waals surface area contributed by atoms with Gasteiger partial charge < -0.3 is 48.3 Å². The summed E-state index contributed by atoms with van der Waals surface area (Å²) in [5, 5.41) is 16.2.